The number of benzene rings is 1. The van der Waals surface area contributed by atoms with Gasteiger partial charge in [0.25, 0.3) is 0 Å². The molecule has 0 aliphatic rings. The van der Waals surface area contributed by atoms with E-state index in [-0.39, 0.29) is 0 Å². The van der Waals surface area contributed by atoms with Gasteiger partial charge in [-0.1, -0.05) is 45.1 Å². The molecule has 2 aromatic rings. The second-order valence-corrected chi connectivity index (χ2v) is 3.85. The number of hydrogen-bond donors (Lipinski definition) is 0. The van der Waals surface area contributed by atoms with E-state index in [0.29, 0.717) is 0 Å². The van der Waals surface area contributed by atoms with Crippen LogP contribution in [0.1, 0.15) is 5.30 Å². The first-order valence-electron chi connectivity index (χ1n) is 3.88. The van der Waals surface area contributed by atoms with Crippen LogP contribution in [0.3, 0.4) is 0 Å². The summed E-state index contributed by atoms with van der Waals surface area (Å²) in [6.45, 7) is 3.76. The smallest absolute Gasteiger partial charge is 0.00959 e. The summed E-state index contributed by atoms with van der Waals surface area (Å²) in [6, 6.07) is 12.7. The molecular formula is C11H9P. The Kier molecular flexibility index (Phi) is 1.93. The van der Waals surface area contributed by atoms with Crippen molar-refractivity contribution in [3.05, 3.63) is 48.3 Å². The van der Waals surface area contributed by atoms with Crippen LogP contribution in [0.5, 0.6) is 0 Å². The Morgan fingerprint density at radius 3 is 2.75 bits per heavy atom. The van der Waals surface area contributed by atoms with Crippen LogP contribution in [-0.4, -0.2) is 0 Å². The molecule has 0 N–H and O–H groups in total. The number of fused-ring (bicyclic) bond motifs is 1. The van der Waals surface area contributed by atoms with Crippen molar-refractivity contribution in [3.63, 3.8) is 0 Å². The highest BCUT2D eigenvalue weighted by Crippen LogP contribution is 2.26. The zero-order valence-corrected chi connectivity index (χ0v) is 7.59. The van der Waals surface area contributed by atoms with Crippen LogP contribution in [0.25, 0.3) is 16.6 Å². The van der Waals surface area contributed by atoms with Crippen molar-refractivity contribution in [2.45, 2.75) is 0 Å². The molecule has 1 aromatic heterocycles. The summed E-state index contributed by atoms with van der Waals surface area (Å²) in [5.74, 6) is 0. The van der Waals surface area contributed by atoms with Crippen LogP contribution in [0.4, 0.5) is 0 Å². The first-order valence-corrected chi connectivity index (χ1v) is 4.78. The van der Waals surface area contributed by atoms with Gasteiger partial charge in [-0.05, 0) is 17.5 Å². The van der Waals surface area contributed by atoms with Crippen molar-refractivity contribution in [1.82, 2.24) is 0 Å². The molecule has 1 heterocycles. The van der Waals surface area contributed by atoms with Gasteiger partial charge in [0.05, 0.1) is 0 Å². The van der Waals surface area contributed by atoms with Gasteiger partial charge < -0.3 is 0 Å². The quantitative estimate of drug-likeness (QED) is 0.608. The van der Waals surface area contributed by atoms with E-state index in [9.17, 15) is 0 Å². The Morgan fingerprint density at radius 1 is 1.08 bits per heavy atom. The lowest BCUT2D eigenvalue weighted by Gasteiger charge is -1.96. The summed E-state index contributed by atoms with van der Waals surface area (Å²) in [4.78, 5) is 0. The topological polar surface area (TPSA) is 0 Å². The predicted molar refractivity (Wildman–Crippen MR) is 56.6 cm³/mol. The Hall–Kier alpha value is -1.13. The van der Waals surface area contributed by atoms with Crippen molar-refractivity contribution in [1.29, 1.82) is 0 Å². The van der Waals surface area contributed by atoms with Gasteiger partial charge in [-0.25, -0.2) is 0 Å². The standard InChI is InChI=1S/C11H9P/c1-2-10-8-7-9-5-3-4-6-11(9)12-10/h2-8H,1H2. The molecule has 2 rings (SSSR count). The minimum absolute atomic E-state index is 1.27. The van der Waals surface area contributed by atoms with E-state index in [1.54, 1.807) is 0 Å². The van der Waals surface area contributed by atoms with Crippen molar-refractivity contribution in [2.75, 3.05) is 0 Å². The molecule has 0 spiro atoms. The maximum atomic E-state index is 3.76. The molecular weight excluding hydrogens is 163 g/mol. The lowest BCUT2D eigenvalue weighted by atomic mass is 10.2. The maximum absolute atomic E-state index is 3.76. The third-order valence-corrected chi connectivity index (χ3v) is 3.07. The second-order valence-electron chi connectivity index (χ2n) is 2.63. The normalized spacial score (nSPS) is 10.7. The summed E-state index contributed by atoms with van der Waals surface area (Å²) in [5.41, 5.74) is 0. The van der Waals surface area contributed by atoms with Crippen molar-refractivity contribution in [3.8, 4) is 0 Å². The molecule has 0 radical (unpaired) electrons. The first-order chi connectivity index (χ1) is 5.90. The summed E-state index contributed by atoms with van der Waals surface area (Å²) in [6.07, 6.45) is 1.91. The molecule has 0 aliphatic heterocycles. The summed E-state index contributed by atoms with van der Waals surface area (Å²) in [5, 5.41) is 3.97. The first kappa shape index (κ1) is 7.52. The fourth-order valence-corrected chi connectivity index (χ4v) is 2.15. The maximum Gasteiger partial charge on any atom is 0.00959 e. The lowest BCUT2D eigenvalue weighted by Crippen LogP contribution is -1.67. The average Bonchev–Trinajstić information content (AvgIpc) is 2.17. The van der Waals surface area contributed by atoms with E-state index in [2.05, 4.69) is 43.0 Å². The summed E-state index contributed by atoms with van der Waals surface area (Å²) >= 11 is 0. The van der Waals surface area contributed by atoms with Gasteiger partial charge in [0, 0.05) is 10.4 Å². The van der Waals surface area contributed by atoms with E-state index in [1.807, 2.05) is 6.08 Å². The Morgan fingerprint density at radius 2 is 1.92 bits per heavy atom. The summed E-state index contributed by atoms with van der Waals surface area (Å²) in [7, 11) is 1.27. The monoisotopic (exact) mass is 172 g/mol. The molecule has 0 amide bonds. The zero-order valence-electron chi connectivity index (χ0n) is 6.70. The van der Waals surface area contributed by atoms with Crippen LogP contribution in [0, 0.1) is 0 Å². The van der Waals surface area contributed by atoms with Gasteiger partial charge in [-0.15, -0.1) is 0 Å². The van der Waals surface area contributed by atoms with E-state index in [0.717, 1.165) is 0 Å². The van der Waals surface area contributed by atoms with Gasteiger partial charge in [0.2, 0.25) is 0 Å². The molecule has 0 bridgehead atoms. The molecule has 12 heavy (non-hydrogen) atoms. The molecule has 0 atom stereocenters. The van der Waals surface area contributed by atoms with E-state index >= 15 is 0 Å². The highest BCUT2D eigenvalue weighted by atomic mass is 31.0. The van der Waals surface area contributed by atoms with E-state index < -0.39 is 0 Å². The molecule has 0 fully saturated rings. The Balaban J connectivity index is 2.75. The van der Waals surface area contributed by atoms with Gasteiger partial charge in [-0.2, -0.15) is 0 Å². The lowest BCUT2D eigenvalue weighted by molar-refractivity contribution is 1.82. The highest BCUT2D eigenvalue weighted by Gasteiger charge is 1.91. The molecule has 1 heteroatoms. The van der Waals surface area contributed by atoms with Crippen LogP contribution >= 0.6 is 8.19 Å². The van der Waals surface area contributed by atoms with Crippen molar-refractivity contribution < 1.29 is 0 Å². The molecule has 0 aliphatic carbocycles. The molecule has 0 nitrogen and oxygen atoms in total. The molecule has 0 saturated carbocycles. The highest BCUT2D eigenvalue weighted by molar-refractivity contribution is 7.38. The van der Waals surface area contributed by atoms with E-state index in [4.69, 9.17) is 0 Å². The Bertz CT molecular complexity index is 418. The fourth-order valence-electron chi connectivity index (χ4n) is 1.20. The van der Waals surface area contributed by atoms with Gasteiger partial charge >= 0.3 is 0 Å². The van der Waals surface area contributed by atoms with Crippen molar-refractivity contribution in [2.24, 2.45) is 0 Å². The van der Waals surface area contributed by atoms with Crippen LogP contribution < -0.4 is 0 Å². The zero-order chi connectivity index (χ0) is 8.39. The minimum atomic E-state index is 1.27. The molecule has 1 aromatic carbocycles. The third kappa shape index (κ3) is 1.26. The average molecular weight is 172 g/mol. The van der Waals surface area contributed by atoms with Crippen LogP contribution in [-0.2, 0) is 0 Å². The van der Waals surface area contributed by atoms with Crippen molar-refractivity contribution >= 4 is 24.8 Å². The number of rotatable bonds is 1. The van der Waals surface area contributed by atoms with Gasteiger partial charge in [0.15, 0.2) is 0 Å². The Labute approximate surface area is 73.7 Å². The van der Waals surface area contributed by atoms with Gasteiger partial charge in [-0.3, -0.25) is 0 Å². The van der Waals surface area contributed by atoms with E-state index in [1.165, 1.54) is 24.0 Å². The largest absolute Gasteiger partial charge is 0.0981 e. The third-order valence-electron chi connectivity index (χ3n) is 1.83. The summed E-state index contributed by atoms with van der Waals surface area (Å²) < 4.78 is 0. The SMILES string of the molecule is C=Cc1ccc2ccccc2p1. The minimum Gasteiger partial charge on any atom is -0.0981 e. The molecule has 58 valence electrons. The van der Waals surface area contributed by atoms with Crippen LogP contribution in [0.2, 0.25) is 0 Å². The number of hydrogen-bond acceptors (Lipinski definition) is 0. The van der Waals surface area contributed by atoms with Gasteiger partial charge in [0.1, 0.15) is 0 Å². The second kappa shape index (κ2) is 3.08. The molecule has 0 unspecified atom stereocenters. The fraction of sp³-hybridized carbons (Fsp3) is 0. The molecule has 0 saturated heterocycles. The predicted octanol–water partition coefficient (Wildman–Crippen LogP) is 4.06. The van der Waals surface area contributed by atoms with Crippen LogP contribution in [0.15, 0.2) is 43.0 Å².